The zero-order chi connectivity index (χ0) is 10.7. The van der Waals surface area contributed by atoms with Gasteiger partial charge in [-0.05, 0) is 37.7 Å². The smallest absolute Gasteiger partial charge is 0.0571 e. The van der Waals surface area contributed by atoms with Crippen molar-refractivity contribution in [2.45, 2.75) is 45.1 Å². The van der Waals surface area contributed by atoms with Gasteiger partial charge in [0.2, 0.25) is 0 Å². The van der Waals surface area contributed by atoms with E-state index in [1.807, 2.05) is 0 Å². The molecule has 0 bridgehead atoms. The summed E-state index contributed by atoms with van der Waals surface area (Å²) in [7, 11) is 0. The molecule has 1 aliphatic carbocycles. The van der Waals surface area contributed by atoms with Crippen LogP contribution in [0.4, 0.5) is 0 Å². The lowest BCUT2D eigenvalue weighted by molar-refractivity contribution is 0.0700. The molecule has 2 rings (SSSR count). The zero-order valence-corrected chi connectivity index (χ0v) is 9.45. The molecule has 0 saturated heterocycles. The van der Waals surface area contributed by atoms with E-state index in [1.165, 1.54) is 30.4 Å². The molecule has 1 fully saturated rings. The minimum absolute atomic E-state index is 0.0694. The molecule has 0 heterocycles. The molecule has 2 atom stereocenters. The average Bonchev–Trinajstić information content (AvgIpc) is 2.25. The maximum Gasteiger partial charge on any atom is 0.0571 e. The summed E-state index contributed by atoms with van der Waals surface area (Å²) in [6, 6.07) is 8.70. The van der Waals surface area contributed by atoms with Crippen LogP contribution in [0.1, 0.15) is 36.8 Å². The van der Waals surface area contributed by atoms with E-state index in [9.17, 15) is 5.11 Å². The van der Waals surface area contributed by atoms with Crippen molar-refractivity contribution < 1.29 is 5.11 Å². The van der Waals surface area contributed by atoms with Gasteiger partial charge in [-0.1, -0.05) is 42.7 Å². The SMILES string of the molecule is Cc1ccc(CC2CCCCC2O)cc1. The zero-order valence-electron chi connectivity index (χ0n) is 9.45. The van der Waals surface area contributed by atoms with Gasteiger partial charge >= 0.3 is 0 Å². The third kappa shape index (κ3) is 2.82. The second-order valence-corrected chi connectivity index (χ2v) is 4.80. The predicted molar refractivity (Wildman–Crippen MR) is 62.8 cm³/mol. The van der Waals surface area contributed by atoms with Gasteiger partial charge < -0.3 is 5.11 Å². The highest BCUT2D eigenvalue weighted by atomic mass is 16.3. The summed E-state index contributed by atoms with van der Waals surface area (Å²) in [5.74, 6) is 0.487. The number of aliphatic hydroxyl groups is 1. The fourth-order valence-electron chi connectivity index (χ4n) is 2.45. The van der Waals surface area contributed by atoms with Crippen LogP contribution in [-0.2, 0) is 6.42 Å². The second-order valence-electron chi connectivity index (χ2n) is 4.80. The third-order valence-corrected chi connectivity index (χ3v) is 3.49. The van der Waals surface area contributed by atoms with Crippen LogP contribution < -0.4 is 0 Å². The molecule has 1 heteroatoms. The molecule has 2 unspecified atom stereocenters. The van der Waals surface area contributed by atoms with Crippen LogP contribution >= 0.6 is 0 Å². The second kappa shape index (κ2) is 4.80. The molecular weight excluding hydrogens is 184 g/mol. The van der Waals surface area contributed by atoms with Gasteiger partial charge in [0.15, 0.2) is 0 Å². The van der Waals surface area contributed by atoms with Gasteiger partial charge in [-0.3, -0.25) is 0 Å². The fourth-order valence-corrected chi connectivity index (χ4v) is 2.45. The standard InChI is InChI=1S/C14H20O/c1-11-6-8-12(9-7-11)10-13-4-2-3-5-14(13)15/h6-9,13-15H,2-5,10H2,1H3. The molecular formula is C14H20O. The Morgan fingerprint density at radius 3 is 2.47 bits per heavy atom. The molecule has 1 aliphatic rings. The van der Waals surface area contributed by atoms with Gasteiger partial charge in [0.05, 0.1) is 6.10 Å². The largest absolute Gasteiger partial charge is 0.393 e. The summed E-state index contributed by atoms with van der Waals surface area (Å²) in [6.07, 6.45) is 5.65. The van der Waals surface area contributed by atoms with Crippen LogP contribution in [0.2, 0.25) is 0 Å². The molecule has 0 aromatic heterocycles. The third-order valence-electron chi connectivity index (χ3n) is 3.49. The summed E-state index contributed by atoms with van der Waals surface area (Å²) in [6.45, 7) is 2.11. The first-order valence-electron chi connectivity index (χ1n) is 5.99. The summed E-state index contributed by atoms with van der Waals surface area (Å²) < 4.78 is 0. The van der Waals surface area contributed by atoms with Gasteiger partial charge in [-0.25, -0.2) is 0 Å². The molecule has 15 heavy (non-hydrogen) atoms. The Kier molecular flexibility index (Phi) is 3.42. The molecule has 0 aliphatic heterocycles. The van der Waals surface area contributed by atoms with Crippen molar-refractivity contribution >= 4 is 0 Å². The Labute approximate surface area is 92.1 Å². The van der Waals surface area contributed by atoms with Crippen LogP contribution in [-0.4, -0.2) is 11.2 Å². The first kappa shape index (κ1) is 10.7. The van der Waals surface area contributed by atoms with Gasteiger partial charge in [0.25, 0.3) is 0 Å². The van der Waals surface area contributed by atoms with Crippen molar-refractivity contribution in [3.63, 3.8) is 0 Å². The summed E-state index contributed by atoms with van der Waals surface area (Å²) >= 11 is 0. The highest BCUT2D eigenvalue weighted by Crippen LogP contribution is 2.27. The van der Waals surface area contributed by atoms with Crippen molar-refractivity contribution in [2.24, 2.45) is 5.92 Å². The summed E-state index contributed by atoms with van der Waals surface area (Å²) in [4.78, 5) is 0. The van der Waals surface area contributed by atoms with E-state index in [-0.39, 0.29) is 6.10 Å². The van der Waals surface area contributed by atoms with E-state index in [0.29, 0.717) is 5.92 Å². The molecule has 0 radical (unpaired) electrons. The predicted octanol–water partition coefficient (Wildman–Crippen LogP) is 3.09. The fraction of sp³-hybridized carbons (Fsp3) is 0.571. The minimum atomic E-state index is -0.0694. The molecule has 0 spiro atoms. The molecule has 82 valence electrons. The van der Waals surface area contributed by atoms with Crippen molar-refractivity contribution in [1.29, 1.82) is 0 Å². The number of aliphatic hydroxyl groups excluding tert-OH is 1. The van der Waals surface area contributed by atoms with Gasteiger partial charge in [-0.2, -0.15) is 0 Å². The number of rotatable bonds is 2. The lowest BCUT2D eigenvalue weighted by atomic mass is 9.82. The molecule has 1 aromatic rings. The van der Waals surface area contributed by atoms with Crippen LogP contribution in [0.3, 0.4) is 0 Å². The van der Waals surface area contributed by atoms with E-state index >= 15 is 0 Å². The average molecular weight is 204 g/mol. The lowest BCUT2D eigenvalue weighted by Gasteiger charge is -2.27. The number of aryl methyl sites for hydroxylation is 1. The van der Waals surface area contributed by atoms with Crippen molar-refractivity contribution in [3.8, 4) is 0 Å². The van der Waals surface area contributed by atoms with E-state index in [1.54, 1.807) is 0 Å². The molecule has 0 amide bonds. The van der Waals surface area contributed by atoms with Crippen LogP contribution in [0.15, 0.2) is 24.3 Å². The maximum atomic E-state index is 9.88. The van der Waals surface area contributed by atoms with E-state index in [0.717, 1.165) is 12.8 Å². The van der Waals surface area contributed by atoms with Crippen molar-refractivity contribution in [2.75, 3.05) is 0 Å². The molecule has 1 saturated carbocycles. The number of hydrogen-bond acceptors (Lipinski definition) is 1. The Bertz CT molecular complexity index is 302. The summed E-state index contributed by atoms with van der Waals surface area (Å²) in [5, 5.41) is 9.88. The normalized spacial score (nSPS) is 26.5. The van der Waals surface area contributed by atoms with Gasteiger partial charge in [0, 0.05) is 0 Å². The Balaban J connectivity index is 1.98. The molecule has 1 aromatic carbocycles. The topological polar surface area (TPSA) is 20.2 Å². The maximum absolute atomic E-state index is 9.88. The van der Waals surface area contributed by atoms with E-state index < -0.39 is 0 Å². The molecule has 1 N–H and O–H groups in total. The van der Waals surface area contributed by atoms with Crippen LogP contribution in [0.5, 0.6) is 0 Å². The lowest BCUT2D eigenvalue weighted by Crippen LogP contribution is -2.26. The first-order valence-corrected chi connectivity index (χ1v) is 5.99. The number of benzene rings is 1. The quantitative estimate of drug-likeness (QED) is 0.785. The highest BCUT2D eigenvalue weighted by Gasteiger charge is 2.22. The Morgan fingerprint density at radius 1 is 1.13 bits per heavy atom. The Hall–Kier alpha value is -0.820. The first-order chi connectivity index (χ1) is 7.25. The Morgan fingerprint density at radius 2 is 1.80 bits per heavy atom. The van der Waals surface area contributed by atoms with E-state index in [2.05, 4.69) is 31.2 Å². The van der Waals surface area contributed by atoms with Gasteiger partial charge in [0.1, 0.15) is 0 Å². The monoisotopic (exact) mass is 204 g/mol. The number of hydrogen-bond donors (Lipinski definition) is 1. The van der Waals surface area contributed by atoms with Crippen LogP contribution in [0.25, 0.3) is 0 Å². The minimum Gasteiger partial charge on any atom is -0.393 e. The van der Waals surface area contributed by atoms with Crippen LogP contribution in [0, 0.1) is 12.8 Å². The van der Waals surface area contributed by atoms with Crippen molar-refractivity contribution in [3.05, 3.63) is 35.4 Å². The molecule has 1 nitrogen and oxygen atoms in total. The highest BCUT2D eigenvalue weighted by molar-refractivity contribution is 5.21. The van der Waals surface area contributed by atoms with Gasteiger partial charge in [-0.15, -0.1) is 0 Å². The van der Waals surface area contributed by atoms with E-state index in [4.69, 9.17) is 0 Å². The van der Waals surface area contributed by atoms with Crippen molar-refractivity contribution in [1.82, 2.24) is 0 Å². The summed E-state index contributed by atoms with van der Waals surface area (Å²) in [5.41, 5.74) is 2.68.